The van der Waals surface area contributed by atoms with Crippen LogP contribution in [0.5, 0.6) is 0 Å². The molecule has 1 fully saturated rings. The Bertz CT molecular complexity index is 151. The van der Waals surface area contributed by atoms with Crippen molar-refractivity contribution in [1.82, 2.24) is 0 Å². The zero-order chi connectivity index (χ0) is 8.48. The van der Waals surface area contributed by atoms with Crippen molar-refractivity contribution < 1.29 is 9.90 Å². The molecule has 2 heteroatoms. The smallest absolute Gasteiger partial charge is 0.132 e. The predicted octanol–water partition coefficient (Wildman–Crippen LogP) is 1.52. The van der Waals surface area contributed by atoms with Crippen molar-refractivity contribution in [1.29, 1.82) is 0 Å². The van der Waals surface area contributed by atoms with Crippen LogP contribution in [0, 0.1) is 5.92 Å². The Balaban J connectivity index is 2.42. The molecule has 2 nitrogen and oxygen atoms in total. The van der Waals surface area contributed by atoms with Crippen LogP contribution in [0.1, 0.15) is 39.5 Å². The number of ketones is 1. The molecule has 11 heavy (non-hydrogen) atoms. The first-order chi connectivity index (χ1) is 5.01. The molecule has 0 aromatic heterocycles. The fraction of sp³-hybridized carbons (Fsp3) is 0.889. The lowest BCUT2D eigenvalue weighted by atomic mass is 9.78. The van der Waals surface area contributed by atoms with Crippen LogP contribution in [0.4, 0.5) is 0 Å². The van der Waals surface area contributed by atoms with Crippen LogP contribution in [0.2, 0.25) is 0 Å². The molecule has 1 N–H and O–H groups in total. The summed E-state index contributed by atoms with van der Waals surface area (Å²) >= 11 is 0. The van der Waals surface area contributed by atoms with E-state index >= 15 is 0 Å². The van der Waals surface area contributed by atoms with Crippen molar-refractivity contribution in [2.75, 3.05) is 0 Å². The van der Waals surface area contributed by atoms with Crippen molar-refractivity contribution >= 4 is 5.78 Å². The Morgan fingerprint density at radius 3 is 2.27 bits per heavy atom. The average Bonchev–Trinajstić information content (AvgIpc) is 1.86. The van der Waals surface area contributed by atoms with Crippen molar-refractivity contribution in [3.63, 3.8) is 0 Å². The summed E-state index contributed by atoms with van der Waals surface area (Å²) in [4.78, 5) is 10.9. The first-order valence-corrected chi connectivity index (χ1v) is 4.24. The molecule has 0 aromatic rings. The molecule has 64 valence electrons. The Morgan fingerprint density at radius 1 is 1.45 bits per heavy atom. The van der Waals surface area contributed by atoms with E-state index in [1.165, 1.54) is 0 Å². The van der Waals surface area contributed by atoms with Gasteiger partial charge in [-0.2, -0.15) is 0 Å². The first kappa shape index (κ1) is 8.72. The number of aliphatic hydroxyl groups is 1. The number of Topliss-reactive ketones (excluding diaryl/α,β-unsaturated/α-hetero) is 1. The molecule has 1 aliphatic carbocycles. The van der Waals surface area contributed by atoms with Crippen LogP contribution in [-0.2, 0) is 4.79 Å². The van der Waals surface area contributed by atoms with Gasteiger partial charge < -0.3 is 5.11 Å². The minimum atomic E-state index is -0.508. The Kier molecular flexibility index (Phi) is 2.33. The molecule has 0 aliphatic heterocycles. The summed E-state index contributed by atoms with van der Waals surface area (Å²) in [6.07, 6.45) is 3.28. The van der Waals surface area contributed by atoms with Gasteiger partial charge in [-0.1, -0.05) is 0 Å². The van der Waals surface area contributed by atoms with Gasteiger partial charge in [0.15, 0.2) is 0 Å². The highest BCUT2D eigenvalue weighted by Crippen LogP contribution is 2.31. The van der Waals surface area contributed by atoms with Crippen molar-refractivity contribution in [2.24, 2.45) is 5.92 Å². The van der Waals surface area contributed by atoms with Crippen LogP contribution in [0.3, 0.4) is 0 Å². The van der Waals surface area contributed by atoms with Crippen molar-refractivity contribution in [3.8, 4) is 0 Å². The Hall–Kier alpha value is -0.370. The van der Waals surface area contributed by atoms with E-state index < -0.39 is 5.60 Å². The van der Waals surface area contributed by atoms with Gasteiger partial charge in [0.1, 0.15) is 5.78 Å². The van der Waals surface area contributed by atoms with Gasteiger partial charge in [-0.3, -0.25) is 4.79 Å². The van der Waals surface area contributed by atoms with Gasteiger partial charge in [0.25, 0.3) is 0 Å². The van der Waals surface area contributed by atoms with Crippen LogP contribution in [-0.4, -0.2) is 16.5 Å². The summed E-state index contributed by atoms with van der Waals surface area (Å²) in [5, 5.41) is 9.56. The van der Waals surface area contributed by atoms with Gasteiger partial charge in [-0.15, -0.1) is 0 Å². The lowest BCUT2D eigenvalue weighted by Gasteiger charge is -2.31. The fourth-order valence-electron chi connectivity index (χ4n) is 1.65. The maximum atomic E-state index is 10.9. The van der Waals surface area contributed by atoms with Gasteiger partial charge in [0.2, 0.25) is 0 Å². The molecule has 0 aromatic carbocycles. The van der Waals surface area contributed by atoms with Crippen LogP contribution < -0.4 is 0 Å². The average molecular weight is 156 g/mol. The lowest BCUT2D eigenvalue weighted by Crippen LogP contribution is -2.32. The number of hydrogen-bond acceptors (Lipinski definition) is 2. The van der Waals surface area contributed by atoms with Gasteiger partial charge in [0, 0.05) is 5.92 Å². The number of rotatable bonds is 1. The Labute approximate surface area is 67.6 Å². The number of carbonyl (C=O) groups is 1. The minimum Gasteiger partial charge on any atom is -0.390 e. The van der Waals surface area contributed by atoms with E-state index in [0.29, 0.717) is 0 Å². The van der Waals surface area contributed by atoms with E-state index in [1.54, 1.807) is 6.92 Å². The molecule has 0 amide bonds. The molecular formula is C9H16O2. The normalized spacial score (nSPS) is 38.6. The van der Waals surface area contributed by atoms with Crippen LogP contribution in [0.25, 0.3) is 0 Å². The SMILES string of the molecule is CC(=O)[C@H]1CC[C@@](C)(O)CC1. The summed E-state index contributed by atoms with van der Waals surface area (Å²) < 4.78 is 0. The molecule has 0 heterocycles. The van der Waals surface area contributed by atoms with E-state index in [2.05, 4.69) is 0 Å². The summed E-state index contributed by atoms with van der Waals surface area (Å²) in [7, 11) is 0. The predicted molar refractivity (Wildman–Crippen MR) is 43.3 cm³/mol. The van der Waals surface area contributed by atoms with Crippen molar-refractivity contribution in [3.05, 3.63) is 0 Å². The van der Waals surface area contributed by atoms with E-state index in [-0.39, 0.29) is 11.7 Å². The Morgan fingerprint density at radius 2 is 1.91 bits per heavy atom. The molecular weight excluding hydrogens is 140 g/mol. The summed E-state index contributed by atoms with van der Waals surface area (Å²) in [6.45, 7) is 3.49. The van der Waals surface area contributed by atoms with Gasteiger partial charge in [0.05, 0.1) is 5.60 Å². The molecule has 1 aliphatic rings. The molecule has 0 radical (unpaired) electrons. The summed E-state index contributed by atoms with van der Waals surface area (Å²) in [5.41, 5.74) is -0.508. The van der Waals surface area contributed by atoms with Crippen LogP contribution >= 0.6 is 0 Å². The highest BCUT2D eigenvalue weighted by atomic mass is 16.3. The molecule has 0 atom stereocenters. The van der Waals surface area contributed by atoms with Crippen LogP contribution in [0.15, 0.2) is 0 Å². The third kappa shape index (κ3) is 2.29. The molecule has 0 bridgehead atoms. The minimum absolute atomic E-state index is 0.218. The zero-order valence-electron chi connectivity index (χ0n) is 7.26. The quantitative estimate of drug-likeness (QED) is 0.625. The lowest BCUT2D eigenvalue weighted by molar-refractivity contribution is -0.123. The maximum Gasteiger partial charge on any atom is 0.132 e. The second kappa shape index (κ2) is 2.94. The highest BCUT2D eigenvalue weighted by Gasteiger charge is 2.30. The number of hydrogen-bond donors (Lipinski definition) is 1. The van der Waals surface area contributed by atoms with Crippen molar-refractivity contribution in [2.45, 2.75) is 45.1 Å². The largest absolute Gasteiger partial charge is 0.390 e. The maximum absolute atomic E-state index is 10.9. The monoisotopic (exact) mass is 156 g/mol. The van der Waals surface area contributed by atoms with E-state index in [1.807, 2.05) is 6.92 Å². The van der Waals surface area contributed by atoms with Gasteiger partial charge in [-0.05, 0) is 39.5 Å². The third-order valence-electron chi connectivity index (χ3n) is 2.64. The fourth-order valence-corrected chi connectivity index (χ4v) is 1.65. The standard InChI is InChI=1S/C9H16O2/c1-7(10)8-3-5-9(2,11)6-4-8/h8,11H,3-6H2,1-2H3/t8-,9+. The summed E-state index contributed by atoms with van der Waals surface area (Å²) in [5.74, 6) is 0.496. The van der Waals surface area contributed by atoms with E-state index in [9.17, 15) is 9.90 Å². The highest BCUT2D eigenvalue weighted by molar-refractivity contribution is 5.78. The van der Waals surface area contributed by atoms with E-state index in [0.717, 1.165) is 25.7 Å². The molecule has 0 unspecified atom stereocenters. The summed E-state index contributed by atoms with van der Waals surface area (Å²) in [6, 6.07) is 0. The molecule has 0 saturated heterocycles. The molecule has 1 rings (SSSR count). The topological polar surface area (TPSA) is 37.3 Å². The second-order valence-electron chi connectivity index (χ2n) is 3.88. The zero-order valence-corrected chi connectivity index (χ0v) is 7.26. The van der Waals surface area contributed by atoms with E-state index in [4.69, 9.17) is 0 Å². The number of carbonyl (C=O) groups excluding carboxylic acids is 1. The molecule has 0 spiro atoms. The second-order valence-corrected chi connectivity index (χ2v) is 3.88. The molecule has 1 saturated carbocycles. The van der Waals surface area contributed by atoms with Gasteiger partial charge >= 0.3 is 0 Å². The van der Waals surface area contributed by atoms with Gasteiger partial charge in [-0.25, -0.2) is 0 Å². The third-order valence-corrected chi connectivity index (χ3v) is 2.64. The first-order valence-electron chi connectivity index (χ1n) is 4.24.